The first-order valence-electron chi connectivity index (χ1n) is 5.56. The Morgan fingerprint density at radius 3 is 1.81 bits per heavy atom. The molecule has 0 bridgehead atoms. The molecule has 0 aliphatic rings. The van der Waals surface area contributed by atoms with Crippen LogP contribution in [0, 0.1) is 0 Å². The molecule has 5 heteroatoms. The standard InChI is InChI=1S/C11H19ClO4/c1-4-7-8-11(12,9(13)15-5-2)10(14)16-6-3/h4-8H2,1-3H3. The van der Waals surface area contributed by atoms with Gasteiger partial charge in [0, 0.05) is 0 Å². The summed E-state index contributed by atoms with van der Waals surface area (Å²) in [5.41, 5.74) is 0. The highest BCUT2D eigenvalue weighted by atomic mass is 35.5. The second-order valence-electron chi connectivity index (χ2n) is 3.35. The Morgan fingerprint density at radius 1 is 1.06 bits per heavy atom. The van der Waals surface area contributed by atoms with Crippen LogP contribution in [0.3, 0.4) is 0 Å². The molecule has 0 fully saturated rings. The topological polar surface area (TPSA) is 52.6 Å². The number of unbranched alkanes of at least 4 members (excludes halogenated alkanes) is 1. The van der Waals surface area contributed by atoms with Crippen molar-refractivity contribution in [2.24, 2.45) is 0 Å². The van der Waals surface area contributed by atoms with Gasteiger partial charge < -0.3 is 9.47 Å². The van der Waals surface area contributed by atoms with Crippen LogP contribution in [0.15, 0.2) is 0 Å². The quantitative estimate of drug-likeness (QED) is 0.395. The second kappa shape index (κ2) is 7.49. The minimum atomic E-state index is -1.68. The number of halogens is 1. The van der Waals surface area contributed by atoms with Crippen molar-refractivity contribution >= 4 is 23.5 Å². The summed E-state index contributed by atoms with van der Waals surface area (Å²) < 4.78 is 9.60. The molecule has 0 rings (SSSR count). The van der Waals surface area contributed by atoms with E-state index in [4.69, 9.17) is 21.1 Å². The first kappa shape index (κ1) is 15.2. The molecule has 0 radical (unpaired) electrons. The van der Waals surface area contributed by atoms with Crippen LogP contribution in [0.1, 0.15) is 40.0 Å². The lowest BCUT2D eigenvalue weighted by molar-refractivity contribution is -0.159. The van der Waals surface area contributed by atoms with Gasteiger partial charge in [0.05, 0.1) is 13.2 Å². The van der Waals surface area contributed by atoms with Crippen LogP contribution >= 0.6 is 11.6 Å². The Balaban J connectivity index is 4.71. The van der Waals surface area contributed by atoms with Gasteiger partial charge in [-0.2, -0.15) is 0 Å². The van der Waals surface area contributed by atoms with Gasteiger partial charge in [-0.3, -0.25) is 0 Å². The summed E-state index contributed by atoms with van der Waals surface area (Å²) in [5, 5.41) is 0. The molecule has 0 saturated heterocycles. The van der Waals surface area contributed by atoms with Crippen molar-refractivity contribution in [3.63, 3.8) is 0 Å². The summed E-state index contributed by atoms with van der Waals surface area (Å²) in [6, 6.07) is 0. The molecule has 16 heavy (non-hydrogen) atoms. The van der Waals surface area contributed by atoms with Gasteiger partial charge in [0.15, 0.2) is 0 Å². The van der Waals surface area contributed by atoms with E-state index < -0.39 is 16.8 Å². The summed E-state index contributed by atoms with van der Waals surface area (Å²) in [6.07, 6.45) is 1.75. The largest absolute Gasteiger partial charge is 0.464 e. The van der Waals surface area contributed by atoms with Gasteiger partial charge in [-0.15, -0.1) is 0 Å². The fraction of sp³-hybridized carbons (Fsp3) is 0.818. The highest BCUT2D eigenvalue weighted by Gasteiger charge is 2.46. The van der Waals surface area contributed by atoms with Gasteiger partial charge >= 0.3 is 11.9 Å². The third-order valence-electron chi connectivity index (χ3n) is 2.07. The Morgan fingerprint density at radius 2 is 1.50 bits per heavy atom. The minimum absolute atomic E-state index is 0.193. The van der Waals surface area contributed by atoms with Crippen molar-refractivity contribution < 1.29 is 19.1 Å². The molecule has 0 spiro atoms. The number of carbonyl (C=O) groups is 2. The van der Waals surface area contributed by atoms with Gasteiger partial charge in [0.2, 0.25) is 4.87 Å². The van der Waals surface area contributed by atoms with Crippen LogP contribution in [-0.2, 0) is 19.1 Å². The maximum atomic E-state index is 11.6. The van der Waals surface area contributed by atoms with Crippen LogP contribution in [0.25, 0.3) is 0 Å². The van der Waals surface area contributed by atoms with Gasteiger partial charge in [-0.1, -0.05) is 31.4 Å². The van der Waals surface area contributed by atoms with Crippen molar-refractivity contribution in [1.82, 2.24) is 0 Å². The lowest BCUT2D eigenvalue weighted by Crippen LogP contribution is -2.43. The van der Waals surface area contributed by atoms with Crippen molar-refractivity contribution in [3.05, 3.63) is 0 Å². The van der Waals surface area contributed by atoms with Crippen molar-refractivity contribution in [2.45, 2.75) is 44.9 Å². The Bertz CT molecular complexity index is 222. The molecule has 94 valence electrons. The predicted octanol–water partition coefficient (Wildman–Crippen LogP) is 2.28. The lowest BCUT2D eigenvalue weighted by Gasteiger charge is -2.22. The molecule has 0 saturated carbocycles. The van der Waals surface area contributed by atoms with E-state index in [0.29, 0.717) is 6.42 Å². The molecular formula is C11H19ClO4. The van der Waals surface area contributed by atoms with Gasteiger partial charge in [-0.05, 0) is 20.3 Å². The van der Waals surface area contributed by atoms with Crippen LogP contribution in [0.4, 0.5) is 0 Å². The van der Waals surface area contributed by atoms with E-state index in [9.17, 15) is 9.59 Å². The normalized spacial score (nSPS) is 11.0. The van der Waals surface area contributed by atoms with E-state index >= 15 is 0 Å². The molecule has 0 N–H and O–H groups in total. The first-order valence-corrected chi connectivity index (χ1v) is 5.94. The minimum Gasteiger partial charge on any atom is -0.464 e. The van der Waals surface area contributed by atoms with E-state index in [1.54, 1.807) is 13.8 Å². The third-order valence-corrected chi connectivity index (χ3v) is 2.57. The maximum Gasteiger partial charge on any atom is 0.338 e. The summed E-state index contributed by atoms with van der Waals surface area (Å²) >= 11 is 6.03. The average molecular weight is 251 g/mol. The zero-order valence-electron chi connectivity index (χ0n) is 10.0. The molecule has 4 nitrogen and oxygen atoms in total. The number of rotatable bonds is 7. The smallest absolute Gasteiger partial charge is 0.338 e. The molecular weight excluding hydrogens is 232 g/mol. The maximum absolute atomic E-state index is 11.6. The summed E-state index contributed by atoms with van der Waals surface area (Å²) in [5.74, 6) is -1.44. The lowest BCUT2D eigenvalue weighted by atomic mass is 10.0. The highest BCUT2D eigenvalue weighted by Crippen LogP contribution is 2.26. The molecule has 0 aromatic heterocycles. The third kappa shape index (κ3) is 4.00. The predicted molar refractivity (Wildman–Crippen MR) is 61.4 cm³/mol. The number of hydrogen-bond acceptors (Lipinski definition) is 4. The molecule has 0 aliphatic carbocycles. The first-order chi connectivity index (χ1) is 7.52. The van der Waals surface area contributed by atoms with Gasteiger partial charge in [0.25, 0.3) is 0 Å². The fourth-order valence-corrected chi connectivity index (χ4v) is 1.44. The van der Waals surface area contributed by atoms with Crippen molar-refractivity contribution in [3.8, 4) is 0 Å². The molecule has 0 aliphatic heterocycles. The molecule has 0 unspecified atom stereocenters. The summed E-state index contributed by atoms with van der Waals surface area (Å²) in [6.45, 7) is 5.67. The summed E-state index contributed by atoms with van der Waals surface area (Å²) in [7, 11) is 0. The van der Waals surface area contributed by atoms with Gasteiger partial charge in [-0.25, -0.2) is 9.59 Å². The van der Waals surface area contributed by atoms with E-state index in [2.05, 4.69) is 0 Å². The molecule has 0 amide bonds. The van der Waals surface area contributed by atoms with E-state index in [-0.39, 0.29) is 19.6 Å². The van der Waals surface area contributed by atoms with Gasteiger partial charge in [0.1, 0.15) is 0 Å². The summed E-state index contributed by atoms with van der Waals surface area (Å²) in [4.78, 5) is 21.6. The zero-order chi connectivity index (χ0) is 12.6. The van der Waals surface area contributed by atoms with Crippen LogP contribution in [0.5, 0.6) is 0 Å². The Hall–Kier alpha value is -0.770. The monoisotopic (exact) mass is 250 g/mol. The molecule has 0 heterocycles. The number of hydrogen-bond donors (Lipinski definition) is 0. The number of ether oxygens (including phenoxy) is 2. The number of alkyl halides is 1. The number of esters is 2. The average Bonchev–Trinajstić information content (AvgIpc) is 2.26. The fourth-order valence-electron chi connectivity index (χ4n) is 1.20. The Kier molecular flexibility index (Phi) is 7.13. The van der Waals surface area contributed by atoms with Crippen LogP contribution < -0.4 is 0 Å². The van der Waals surface area contributed by atoms with Crippen molar-refractivity contribution in [2.75, 3.05) is 13.2 Å². The Labute approximate surface area is 101 Å². The second-order valence-corrected chi connectivity index (χ2v) is 3.99. The van der Waals surface area contributed by atoms with Crippen molar-refractivity contribution in [1.29, 1.82) is 0 Å². The van der Waals surface area contributed by atoms with Crippen LogP contribution in [0.2, 0.25) is 0 Å². The zero-order valence-corrected chi connectivity index (χ0v) is 10.8. The van der Waals surface area contributed by atoms with E-state index in [0.717, 1.165) is 6.42 Å². The number of carbonyl (C=O) groups excluding carboxylic acids is 2. The SMILES string of the molecule is CCCCC(Cl)(C(=O)OCC)C(=O)OCC. The van der Waals surface area contributed by atoms with E-state index in [1.165, 1.54) is 0 Å². The molecule has 0 atom stereocenters. The molecule has 0 aromatic carbocycles. The van der Waals surface area contributed by atoms with Crippen LogP contribution in [-0.4, -0.2) is 30.0 Å². The molecule has 0 aromatic rings. The highest BCUT2D eigenvalue weighted by molar-refractivity contribution is 6.44. The van der Waals surface area contributed by atoms with E-state index in [1.807, 2.05) is 6.92 Å².